The van der Waals surface area contributed by atoms with E-state index in [9.17, 15) is 9.90 Å². The van der Waals surface area contributed by atoms with Gasteiger partial charge < -0.3 is 9.84 Å². The van der Waals surface area contributed by atoms with Crippen LogP contribution in [0.1, 0.15) is 18.1 Å². The summed E-state index contributed by atoms with van der Waals surface area (Å²) in [5.41, 5.74) is 3.69. The van der Waals surface area contributed by atoms with Gasteiger partial charge in [-0.2, -0.15) is 0 Å². The molecule has 2 aromatic carbocycles. The summed E-state index contributed by atoms with van der Waals surface area (Å²) in [5.74, 6) is 0.488. The van der Waals surface area contributed by atoms with E-state index in [-0.39, 0.29) is 10.5 Å². The zero-order valence-corrected chi connectivity index (χ0v) is 14.6. The van der Waals surface area contributed by atoms with Crippen molar-refractivity contribution in [3.8, 4) is 11.5 Å². The van der Waals surface area contributed by atoms with Gasteiger partial charge in [-0.25, -0.2) is 4.98 Å². The van der Waals surface area contributed by atoms with E-state index in [0.717, 1.165) is 33.5 Å². The van der Waals surface area contributed by atoms with Gasteiger partial charge in [0.15, 0.2) is 16.5 Å². The maximum Gasteiger partial charge on any atom is 0.259 e. The SMILES string of the molecule is CCOc1cc(/C=c2\c(=O)sc3nc4ccc(C)cc4n23)ccc1O. The van der Waals surface area contributed by atoms with Gasteiger partial charge in [-0.3, -0.25) is 9.20 Å². The van der Waals surface area contributed by atoms with E-state index >= 15 is 0 Å². The Morgan fingerprint density at radius 2 is 2.12 bits per heavy atom. The largest absolute Gasteiger partial charge is 0.504 e. The normalized spacial score (nSPS) is 12.3. The third-order valence-corrected chi connectivity index (χ3v) is 4.85. The minimum Gasteiger partial charge on any atom is -0.504 e. The number of aryl methyl sites for hydroxylation is 1. The summed E-state index contributed by atoms with van der Waals surface area (Å²) in [5, 5.41) is 10.4. The summed E-state index contributed by atoms with van der Waals surface area (Å²) in [6.07, 6.45) is 1.80. The number of imidazole rings is 1. The standard InChI is InChI=1S/C19H16N2O3S/c1-3-24-17-10-12(5-7-16(17)22)9-15-18(23)25-19-20-13-6-4-11(2)8-14(13)21(15)19/h4-10,22H,3H2,1-2H3/b15-9+. The van der Waals surface area contributed by atoms with Crippen molar-refractivity contribution in [1.29, 1.82) is 0 Å². The fourth-order valence-electron chi connectivity index (χ4n) is 2.86. The lowest BCUT2D eigenvalue weighted by molar-refractivity contribution is 0.318. The summed E-state index contributed by atoms with van der Waals surface area (Å²) in [6.45, 7) is 4.33. The van der Waals surface area contributed by atoms with Crippen molar-refractivity contribution in [2.75, 3.05) is 6.61 Å². The molecule has 4 rings (SSSR count). The number of aromatic hydroxyl groups is 1. The molecule has 0 aliphatic rings. The van der Waals surface area contributed by atoms with E-state index < -0.39 is 0 Å². The second-order valence-electron chi connectivity index (χ2n) is 5.80. The Balaban J connectivity index is 2.00. The van der Waals surface area contributed by atoms with E-state index in [2.05, 4.69) is 4.98 Å². The number of phenols is 1. The van der Waals surface area contributed by atoms with Gasteiger partial charge in [0.05, 0.1) is 17.6 Å². The first-order valence-corrected chi connectivity index (χ1v) is 8.77. The molecular weight excluding hydrogens is 336 g/mol. The van der Waals surface area contributed by atoms with Crippen LogP contribution >= 0.6 is 11.3 Å². The lowest BCUT2D eigenvalue weighted by atomic mass is 10.2. The molecule has 0 saturated carbocycles. The Morgan fingerprint density at radius 1 is 1.28 bits per heavy atom. The number of phenolic OH excluding ortho intramolecular Hbond substituents is 1. The maximum atomic E-state index is 12.5. The zero-order chi connectivity index (χ0) is 17.6. The summed E-state index contributed by atoms with van der Waals surface area (Å²) >= 11 is 1.13. The molecule has 1 N–H and O–H groups in total. The Labute approximate surface area is 147 Å². The van der Waals surface area contributed by atoms with Crippen LogP contribution in [0, 0.1) is 6.92 Å². The molecule has 2 heterocycles. The van der Waals surface area contributed by atoms with Crippen LogP contribution in [-0.4, -0.2) is 21.1 Å². The number of hydrogen-bond donors (Lipinski definition) is 1. The molecule has 126 valence electrons. The van der Waals surface area contributed by atoms with Crippen molar-refractivity contribution in [2.45, 2.75) is 13.8 Å². The van der Waals surface area contributed by atoms with Crippen molar-refractivity contribution < 1.29 is 9.84 Å². The minimum atomic E-state index is -0.0445. The van der Waals surface area contributed by atoms with Crippen LogP contribution in [-0.2, 0) is 0 Å². The van der Waals surface area contributed by atoms with E-state index in [1.165, 1.54) is 0 Å². The highest BCUT2D eigenvalue weighted by molar-refractivity contribution is 7.14. The van der Waals surface area contributed by atoms with Crippen molar-refractivity contribution in [3.05, 3.63) is 62.4 Å². The molecule has 0 amide bonds. The molecule has 5 nitrogen and oxygen atoms in total. The fraction of sp³-hybridized carbons (Fsp3) is 0.158. The molecule has 0 aliphatic carbocycles. The fourth-order valence-corrected chi connectivity index (χ4v) is 3.72. The topological polar surface area (TPSA) is 63.8 Å². The quantitative estimate of drug-likeness (QED) is 0.616. The first-order valence-electron chi connectivity index (χ1n) is 7.96. The highest BCUT2D eigenvalue weighted by Gasteiger charge is 2.11. The Hall–Kier alpha value is -2.86. The Bertz CT molecular complexity index is 1210. The lowest BCUT2D eigenvalue weighted by Gasteiger charge is -2.06. The van der Waals surface area contributed by atoms with Crippen molar-refractivity contribution in [3.63, 3.8) is 0 Å². The van der Waals surface area contributed by atoms with Crippen LogP contribution in [0.4, 0.5) is 0 Å². The first kappa shape index (κ1) is 15.7. The molecular formula is C19H16N2O3S. The number of nitrogens with zero attached hydrogens (tertiary/aromatic N) is 2. The average Bonchev–Trinajstić information content (AvgIpc) is 3.07. The number of aromatic nitrogens is 2. The summed E-state index contributed by atoms with van der Waals surface area (Å²) in [4.78, 5) is 17.7. The predicted molar refractivity (Wildman–Crippen MR) is 99.6 cm³/mol. The zero-order valence-electron chi connectivity index (χ0n) is 13.8. The van der Waals surface area contributed by atoms with E-state index in [0.29, 0.717) is 22.7 Å². The van der Waals surface area contributed by atoms with E-state index in [4.69, 9.17) is 4.74 Å². The molecule has 0 atom stereocenters. The number of ether oxygens (including phenoxy) is 1. The van der Waals surface area contributed by atoms with Gasteiger partial charge in [-0.1, -0.05) is 23.5 Å². The summed E-state index contributed by atoms with van der Waals surface area (Å²) in [7, 11) is 0. The van der Waals surface area contributed by atoms with Crippen molar-refractivity contribution in [2.24, 2.45) is 0 Å². The molecule has 0 spiro atoms. The molecule has 25 heavy (non-hydrogen) atoms. The molecule has 0 radical (unpaired) electrons. The third-order valence-electron chi connectivity index (χ3n) is 4.00. The second kappa shape index (κ2) is 5.89. The molecule has 0 saturated heterocycles. The highest BCUT2D eigenvalue weighted by atomic mass is 32.1. The number of rotatable bonds is 3. The molecule has 0 aliphatic heterocycles. The van der Waals surface area contributed by atoms with Crippen LogP contribution < -0.4 is 14.8 Å². The molecule has 4 aromatic rings. The van der Waals surface area contributed by atoms with E-state index in [1.807, 2.05) is 36.4 Å². The van der Waals surface area contributed by atoms with Gasteiger partial charge in [0.2, 0.25) is 0 Å². The molecule has 0 unspecified atom stereocenters. The smallest absolute Gasteiger partial charge is 0.259 e. The third kappa shape index (κ3) is 2.64. The van der Waals surface area contributed by atoms with Crippen LogP contribution in [0.3, 0.4) is 0 Å². The van der Waals surface area contributed by atoms with Gasteiger partial charge in [0.25, 0.3) is 4.74 Å². The maximum absolute atomic E-state index is 12.5. The second-order valence-corrected chi connectivity index (χ2v) is 6.74. The molecule has 6 heteroatoms. The number of hydrogen-bond acceptors (Lipinski definition) is 5. The molecule has 2 aromatic heterocycles. The van der Waals surface area contributed by atoms with E-state index in [1.54, 1.807) is 24.3 Å². The van der Waals surface area contributed by atoms with Gasteiger partial charge in [0, 0.05) is 0 Å². The lowest BCUT2D eigenvalue weighted by Crippen LogP contribution is -2.23. The number of thiazole rings is 1. The Morgan fingerprint density at radius 3 is 2.92 bits per heavy atom. The van der Waals surface area contributed by atoms with Crippen LogP contribution in [0.25, 0.3) is 22.1 Å². The highest BCUT2D eigenvalue weighted by Crippen LogP contribution is 2.27. The average molecular weight is 352 g/mol. The van der Waals surface area contributed by atoms with Crippen LogP contribution in [0.5, 0.6) is 11.5 Å². The number of fused-ring (bicyclic) bond motifs is 3. The van der Waals surface area contributed by atoms with Crippen LogP contribution in [0.15, 0.2) is 41.2 Å². The predicted octanol–water partition coefficient (Wildman–Crippen LogP) is 2.87. The van der Waals surface area contributed by atoms with Gasteiger partial charge in [0.1, 0.15) is 5.35 Å². The van der Waals surface area contributed by atoms with Gasteiger partial charge >= 0.3 is 0 Å². The van der Waals surface area contributed by atoms with Gasteiger partial charge in [-0.15, -0.1) is 0 Å². The summed E-state index contributed by atoms with van der Waals surface area (Å²) in [6, 6.07) is 11.1. The minimum absolute atomic E-state index is 0.0445. The molecule has 0 bridgehead atoms. The van der Waals surface area contributed by atoms with Gasteiger partial charge in [-0.05, 0) is 55.3 Å². The first-order chi connectivity index (χ1) is 12.1. The molecule has 0 fully saturated rings. The Kier molecular flexibility index (Phi) is 3.69. The summed E-state index contributed by atoms with van der Waals surface area (Å²) < 4.78 is 7.27. The number of benzene rings is 2. The van der Waals surface area contributed by atoms with Crippen LogP contribution in [0.2, 0.25) is 0 Å². The monoisotopic (exact) mass is 352 g/mol. The van der Waals surface area contributed by atoms with Crippen molar-refractivity contribution >= 4 is 33.4 Å². The van der Waals surface area contributed by atoms with Crippen molar-refractivity contribution in [1.82, 2.24) is 9.38 Å².